The number of hydrogen-bond donors (Lipinski definition) is 5. The zero-order valence-corrected chi connectivity index (χ0v) is 17.6. The molecule has 0 aromatic carbocycles. The number of nitrogens with one attached hydrogen (secondary N) is 2. The number of aliphatic carboxylic acids is 2. The Kier molecular flexibility index (Phi) is 9.70. The predicted octanol–water partition coefficient (Wildman–Crippen LogP) is -0.710. The monoisotopic (exact) mass is 428 g/mol. The van der Waals surface area contributed by atoms with Crippen LogP contribution in [-0.2, 0) is 24.0 Å². The van der Waals surface area contributed by atoms with Gasteiger partial charge in [0, 0.05) is 13.0 Å². The Morgan fingerprint density at radius 1 is 1.10 bits per heavy atom. The van der Waals surface area contributed by atoms with Crippen molar-refractivity contribution in [3.8, 4) is 0 Å². The van der Waals surface area contributed by atoms with E-state index in [2.05, 4.69) is 10.6 Å². The number of likely N-dealkylation sites (tertiary alicyclic amines) is 1. The Morgan fingerprint density at radius 3 is 2.27 bits per heavy atom. The maximum Gasteiger partial charge on any atom is 0.326 e. The van der Waals surface area contributed by atoms with E-state index < -0.39 is 53.8 Å². The highest BCUT2D eigenvalue weighted by molar-refractivity contribution is 5.94. The van der Waals surface area contributed by atoms with E-state index in [0.717, 1.165) is 0 Å². The molecule has 0 aliphatic carbocycles. The van der Waals surface area contributed by atoms with Gasteiger partial charge >= 0.3 is 11.9 Å². The number of carboxylic acids is 2. The lowest BCUT2D eigenvalue weighted by molar-refractivity contribution is -0.149. The maximum absolute atomic E-state index is 12.7. The molecule has 6 N–H and O–H groups in total. The highest BCUT2D eigenvalue weighted by Gasteiger charge is 2.37. The molecule has 11 heteroatoms. The fourth-order valence-corrected chi connectivity index (χ4v) is 3.23. The highest BCUT2D eigenvalue weighted by Crippen LogP contribution is 2.18. The standard InChI is InChI=1S/C19H32N4O7/c1-4-10(2)15(20)17(27)22-12(7-8-14(24)25)16(26)21-11(3)18(28)23-9-5-6-13(23)19(29)30/h10-13,15H,4-9,20H2,1-3H3,(H,21,26)(H,22,27)(H,24,25)(H,29,30). The summed E-state index contributed by atoms with van der Waals surface area (Å²) in [6, 6.07) is -4.03. The number of carbonyl (C=O) groups is 5. The Bertz CT molecular complexity index is 669. The van der Waals surface area contributed by atoms with Gasteiger partial charge in [0.1, 0.15) is 18.1 Å². The molecule has 0 aromatic rings. The molecule has 0 bridgehead atoms. The van der Waals surface area contributed by atoms with E-state index in [9.17, 15) is 29.1 Å². The van der Waals surface area contributed by atoms with Crippen molar-refractivity contribution >= 4 is 29.7 Å². The molecular weight excluding hydrogens is 396 g/mol. The average molecular weight is 428 g/mol. The van der Waals surface area contributed by atoms with Crippen LogP contribution in [0.25, 0.3) is 0 Å². The maximum atomic E-state index is 12.7. The van der Waals surface area contributed by atoms with Crippen molar-refractivity contribution in [2.24, 2.45) is 11.7 Å². The van der Waals surface area contributed by atoms with Gasteiger partial charge < -0.3 is 31.5 Å². The largest absolute Gasteiger partial charge is 0.481 e. The molecule has 3 amide bonds. The fourth-order valence-electron chi connectivity index (χ4n) is 3.23. The first-order valence-corrected chi connectivity index (χ1v) is 10.1. The van der Waals surface area contributed by atoms with Gasteiger partial charge in [-0.3, -0.25) is 19.2 Å². The molecule has 1 rings (SSSR count). The predicted molar refractivity (Wildman–Crippen MR) is 106 cm³/mol. The molecular formula is C19H32N4O7. The highest BCUT2D eigenvalue weighted by atomic mass is 16.4. The van der Waals surface area contributed by atoms with Crippen LogP contribution in [0.2, 0.25) is 0 Å². The SMILES string of the molecule is CCC(C)C(N)C(=O)NC(CCC(=O)O)C(=O)NC(C)C(=O)N1CCCC1C(=O)O. The minimum Gasteiger partial charge on any atom is -0.481 e. The van der Waals surface area contributed by atoms with Gasteiger partial charge in [0.15, 0.2) is 0 Å². The summed E-state index contributed by atoms with van der Waals surface area (Å²) in [5, 5.41) is 23.1. The second-order valence-electron chi connectivity index (χ2n) is 7.66. The number of hydrogen-bond acceptors (Lipinski definition) is 6. The zero-order chi connectivity index (χ0) is 23.0. The van der Waals surface area contributed by atoms with Crippen LogP contribution < -0.4 is 16.4 Å². The first-order valence-electron chi connectivity index (χ1n) is 10.1. The smallest absolute Gasteiger partial charge is 0.326 e. The van der Waals surface area contributed by atoms with Gasteiger partial charge in [0.2, 0.25) is 17.7 Å². The third-order valence-corrected chi connectivity index (χ3v) is 5.39. The summed E-state index contributed by atoms with van der Waals surface area (Å²) in [6.45, 7) is 5.34. The lowest BCUT2D eigenvalue weighted by Crippen LogP contribution is -2.57. The first kappa shape index (κ1) is 25.3. The Balaban J connectivity index is 2.82. The van der Waals surface area contributed by atoms with Gasteiger partial charge in [-0.05, 0) is 32.1 Å². The summed E-state index contributed by atoms with van der Waals surface area (Å²) < 4.78 is 0. The van der Waals surface area contributed by atoms with E-state index in [1.807, 2.05) is 6.92 Å². The number of nitrogens with two attached hydrogens (primary N) is 1. The van der Waals surface area contributed by atoms with Crippen molar-refractivity contribution < 1.29 is 34.2 Å². The summed E-state index contributed by atoms with van der Waals surface area (Å²) in [5.41, 5.74) is 5.87. The van der Waals surface area contributed by atoms with E-state index >= 15 is 0 Å². The normalized spacial score (nSPS) is 20.0. The summed E-state index contributed by atoms with van der Waals surface area (Å²) in [7, 11) is 0. The number of nitrogens with zero attached hydrogens (tertiary/aromatic N) is 1. The molecule has 1 heterocycles. The molecule has 11 nitrogen and oxygen atoms in total. The number of carbonyl (C=O) groups excluding carboxylic acids is 3. The Hall–Kier alpha value is -2.69. The van der Waals surface area contributed by atoms with Gasteiger partial charge in [-0.1, -0.05) is 20.3 Å². The van der Waals surface area contributed by atoms with Crippen LogP contribution in [0, 0.1) is 5.92 Å². The quantitative estimate of drug-likeness (QED) is 0.286. The summed E-state index contributed by atoms with van der Waals surface area (Å²) in [4.78, 5) is 61.0. The van der Waals surface area contributed by atoms with Crippen LogP contribution in [0.5, 0.6) is 0 Å². The van der Waals surface area contributed by atoms with Crippen LogP contribution in [-0.4, -0.2) is 75.5 Å². The van der Waals surface area contributed by atoms with E-state index in [4.69, 9.17) is 10.8 Å². The zero-order valence-electron chi connectivity index (χ0n) is 17.6. The van der Waals surface area contributed by atoms with E-state index in [1.54, 1.807) is 6.92 Å². The van der Waals surface area contributed by atoms with Crippen LogP contribution in [0.4, 0.5) is 0 Å². The Labute approximate surface area is 175 Å². The van der Waals surface area contributed by atoms with Crippen molar-refractivity contribution in [1.82, 2.24) is 15.5 Å². The lowest BCUT2D eigenvalue weighted by atomic mass is 9.98. The third-order valence-electron chi connectivity index (χ3n) is 5.39. The van der Waals surface area contributed by atoms with Gasteiger partial charge in [-0.2, -0.15) is 0 Å². The molecule has 1 aliphatic rings. The second kappa shape index (κ2) is 11.5. The molecule has 1 aliphatic heterocycles. The van der Waals surface area contributed by atoms with Gasteiger partial charge in [-0.25, -0.2) is 4.79 Å². The van der Waals surface area contributed by atoms with E-state index in [-0.39, 0.29) is 25.3 Å². The van der Waals surface area contributed by atoms with Gasteiger partial charge in [0.25, 0.3) is 0 Å². The molecule has 0 saturated carbocycles. The minimum absolute atomic E-state index is 0.142. The van der Waals surface area contributed by atoms with Crippen LogP contribution in [0.3, 0.4) is 0 Å². The van der Waals surface area contributed by atoms with Gasteiger partial charge in [-0.15, -0.1) is 0 Å². The lowest BCUT2D eigenvalue weighted by Gasteiger charge is -2.27. The average Bonchev–Trinajstić information content (AvgIpc) is 3.18. The summed E-state index contributed by atoms with van der Waals surface area (Å²) in [5.74, 6) is -4.25. The van der Waals surface area contributed by atoms with Crippen molar-refractivity contribution in [1.29, 1.82) is 0 Å². The molecule has 170 valence electrons. The topological polar surface area (TPSA) is 179 Å². The van der Waals surface area contributed by atoms with Crippen LogP contribution >= 0.6 is 0 Å². The summed E-state index contributed by atoms with van der Waals surface area (Å²) >= 11 is 0. The van der Waals surface area contributed by atoms with Gasteiger partial charge in [0.05, 0.1) is 6.04 Å². The van der Waals surface area contributed by atoms with Crippen molar-refractivity contribution in [2.75, 3.05) is 6.54 Å². The summed E-state index contributed by atoms with van der Waals surface area (Å²) in [6.07, 6.45) is 0.988. The molecule has 0 radical (unpaired) electrons. The van der Waals surface area contributed by atoms with Crippen molar-refractivity contribution in [3.05, 3.63) is 0 Å². The number of rotatable bonds is 11. The second-order valence-corrected chi connectivity index (χ2v) is 7.66. The third kappa shape index (κ3) is 6.97. The van der Waals surface area contributed by atoms with E-state index in [0.29, 0.717) is 19.3 Å². The van der Waals surface area contributed by atoms with Crippen molar-refractivity contribution in [2.45, 2.75) is 77.0 Å². The molecule has 30 heavy (non-hydrogen) atoms. The molecule has 5 unspecified atom stereocenters. The molecule has 1 saturated heterocycles. The molecule has 0 aromatic heterocycles. The van der Waals surface area contributed by atoms with Crippen LogP contribution in [0.1, 0.15) is 52.9 Å². The molecule has 1 fully saturated rings. The molecule has 0 spiro atoms. The Morgan fingerprint density at radius 2 is 1.73 bits per heavy atom. The van der Waals surface area contributed by atoms with Crippen molar-refractivity contribution in [3.63, 3.8) is 0 Å². The number of carboxylic acid groups (broad SMARTS) is 2. The van der Waals surface area contributed by atoms with E-state index in [1.165, 1.54) is 11.8 Å². The first-order chi connectivity index (χ1) is 14.0. The number of amides is 3. The minimum atomic E-state index is -1.19. The molecule has 5 atom stereocenters. The fraction of sp³-hybridized carbons (Fsp3) is 0.737. The van der Waals surface area contributed by atoms with Crippen LogP contribution in [0.15, 0.2) is 0 Å².